The summed E-state index contributed by atoms with van der Waals surface area (Å²) in [6.45, 7) is 4.20. The van der Waals surface area contributed by atoms with Crippen molar-refractivity contribution >= 4 is 47.2 Å². The Labute approximate surface area is 217 Å². The predicted molar refractivity (Wildman–Crippen MR) is 145 cm³/mol. The van der Waals surface area contributed by atoms with Gasteiger partial charge in [-0.05, 0) is 54.1 Å². The maximum absolute atomic E-state index is 12.2. The average molecular weight is 575 g/mol. The summed E-state index contributed by atoms with van der Waals surface area (Å²) in [7, 11) is 3.48. The molecule has 0 spiro atoms. The number of anilines is 2. The molecule has 0 atom stereocenters. The number of carbonyl (C=O) groups excluding carboxylic acids is 1. The van der Waals surface area contributed by atoms with Gasteiger partial charge in [0.1, 0.15) is 5.75 Å². The fraction of sp³-hybridized carbons (Fsp3) is 0.280. The Morgan fingerprint density at radius 1 is 1.06 bits per heavy atom. The Kier molecular flexibility index (Phi) is 9.20. The molecule has 2 N–H and O–H groups in total. The molecule has 180 valence electrons. The van der Waals surface area contributed by atoms with Gasteiger partial charge in [-0.3, -0.25) is 9.79 Å². The van der Waals surface area contributed by atoms with Gasteiger partial charge in [-0.1, -0.05) is 12.1 Å². The van der Waals surface area contributed by atoms with Crippen molar-refractivity contribution in [2.75, 3.05) is 50.6 Å². The van der Waals surface area contributed by atoms with E-state index in [1.54, 1.807) is 26.3 Å². The van der Waals surface area contributed by atoms with Crippen molar-refractivity contribution in [2.45, 2.75) is 6.54 Å². The van der Waals surface area contributed by atoms with Crippen molar-refractivity contribution in [2.24, 2.45) is 4.99 Å². The molecule has 34 heavy (non-hydrogen) atoms. The normalized spacial score (nSPS) is 13.8. The van der Waals surface area contributed by atoms with Crippen LogP contribution in [0.2, 0.25) is 0 Å². The van der Waals surface area contributed by atoms with Crippen LogP contribution < -0.4 is 20.3 Å². The topological polar surface area (TPSA) is 82.3 Å². The number of carbonyl (C=O) groups is 1. The molecular formula is C25H30IN5O3. The molecule has 3 aromatic rings. The summed E-state index contributed by atoms with van der Waals surface area (Å²) in [5, 5.41) is 6.31. The molecule has 1 aliphatic heterocycles. The second-order valence-electron chi connectivity index (χ2n) is 7.70. The molecule has 1 amide bonds. The number of nitrogens with zero attached hydrogens (tertiary/aromatic N) is 3. The molecule has 2 heterocycles. The first kappa shape index (κ1) is 25.4. The van der Waals surface area contributed by atoms with Crippen LogP contribution in [0.15, 0.2) is 76.3 Å². The molecule has 1 aliphatic rings. The van der Waals surface area contributed by atoms with Crippen LogP contribution >= 0.6 is 24.0 Å². The lowest BCUT2D eigenvalue weighted by Gasteiger charge is -2.37. The van der Waals surface area contributed by atoms with Crippen LogP contribution in [0.1, 0.15) is 16.1 Å². The summed E-state index contributed by atoms with van der Waals surface area (Å²) >= 11 is 0. The van der Waals surface area contributed by atoms with E-state index in [1.165, 1.54) is 12.0 Å². The fourth-order valence-corrected chi connectivity index (χ4v) is 3.84. The van der Waals surface area contributed by atoms with Crippen LogP contribution in [0.4, 0.5) is 11.4 Å². The van der Waals surface area contributed by atoms with Crippen molar-refractivity contribution in [3.05, 3.63) is 78.3 Å². The number of aliphatic imine (C=N–C) groups is 1. The molecule has 1 fully saturated rings. The highest BCUT2D eigenvalue weighted by atomic mass is 127. The Hall–Kier alpha value is -3.21. The van der Waals surface area contributed by atoms with Crippen LogP contribution in [0.3, 0.4) is 0 Å². The third-order valence-electron chi connectivity index (χ3n) is 5.61. The molecule has 2 aromatic carbocycles. The number of nitrogens with one attached hydrogen (secondary N) is 2. The molecule has 0 saturated carbocycles. The molecule has 0 aliphatic carbocycles. The number of amides is 1. The highest BCUT2D eigenvalue weighted by Gasteiger charge is 2.20. The van der Waals surface area contributed by atoms with Gasteiger partial charge in [-0.15, -0.1) is 24.0 Å². The van der Waals surface area contributed by atoms with Gasteiger partial charge in [0, 0.05) is 51.1 Å². The van der Waals surface area contributed by atoms with Gasteiger partial charge < -0.3 is 29.6 Å². The van der Waals surface area contributed by atoms with Gasteiger partial charge in [0.25, 0.3) is 5.91 Å². The van der Waals surface area contributed by atoms with E-state index in [4.69, 9.17) is 9.15 Å². The SMILES string of the molecule is CN=C(NCc1cccc(NC(=O)c2ccco2)c1)N1CCN(c2ccc(OC)cc2)CC1.I. The minimum atomic E-state index is -0.268. The summed E-state index contributed by atoms with van der Waals surface area (Å²) in [6.07, 6.45) is 1.48. The van der Waals surface area contributed by atoms with E-state index in [0.29, 0.717) is 6.54 Å². The number of methoxy groups -OCH3 is 1. The molecule has 0 bridgehead atoms. The van der Waals surface area contributed by atoms with Crippen LogP contribution in [0.5, 0.6) is 5.75 Å². The number of ether oxygens (including phenoxy) is 1. The van der Waals surface area contributed by atoms with E-state index in [1.807, 2.05) is 36.4 Å². The zero-order valence-electron chi connectivity index (χ0n) is 19.4. The summed E-state index contributed by atoms with van der Waals surface area (Å²) in [5.41, 5.74) is 2.97. The zero-order chi connectivity index (χ0) is 23.0. The second kappa shape index (κ2) is 12.3. The number of hydrogen-bond acceptors (Lipinski definition) is 5. The van der Waals surface area contributed by atoms with Crippen LogP contribution in [-0.2, 0) is 6.54 Å². The summed E-state index contributed by atoms with van der Waals surface area (Å²) < 4.78 is 10.4. The number of rotatable bonds is 6. The Morgan fingerprint density at radius 2 is 1.82 bits per heavy atom. The van der Waals surface area contributed by atoms with Gasteiger partial charge in [0.2, 0.25) is 0 Å². The zero-order valence-corrected chi connectivity index (χ0v) is 21.7. The van der Waals surface area contributed by atoms with Crippen molar-refractivity contribution in [3.63, 3.8) is 0 Å². The Morgan fingerprint density at radius 3 is 2.47 bits per heavy atom. The van der Waals surface area contributed by atoms with Crippen molar-refractivity contribution in [3.8, 4) is 5.75 Å². The number of benzene rings is 2. The van der Waals surface area contributed by atoms with Gasteiger partial charge in [0.05, 0.1) is 13.4 Å². The van der Waals surface area contributed by atoms with E-state index < -0.39 is 0 Å². The fourth-order valence-electron chi connectivity index (χ4n) is 3.84. The van der Waals surface area contributed by atoms with Crippen LogP contribution in [0, 0.1) is 0 Å². The van der Waals surface area contributed by atoms with Crippen LogP contribution in [-0.4, -0.2) is 57.1 Å². The molecule has 9 heteroatoms. The van der Waals surface area contributed by atoms with Gasteiger partial charge >= 0.3 is 0 Å². The van der Waals surface area contributed by atoms with Gasteiger partial charge in [-0.2, -0.15) is 0 Å². The first-order valence-corrected chi connectivity index (χ1v) is 10.9. The minimum absolute atomic E-state index is 0. The molecule has 0 radical (unpaired) electrons. The average Bonchev–Trinajstić information content (AvgIpc) is 3.41. The number of halogens is 1. The lowest BCUT2D eigenvalue weighted by Crippen LogP contribution is -2.52. The van der Waals surface area contributed by atoms with E-state index >= 15 is 0 Å². The largest absolute Gasteiger partial charge is 0.497 e. The lowest BCUT2D eigenvalue weighted by atomic mass is 10.2. The maximum Gasteiger partial charge on any atom is 0.291 e. The molecule has 8 nitrogen and oxygen atoms in total. The molecule has 0 unspecified atom stereocenters. The first-order valence-electron chi connectivity index (χ1n) is 10.9. The van der Waals surface area contributed by atoms with E-state index in [0.717, 1.165) is 49.1 Å². The molecule has 1 saturated heterocycles. The number of furan rings is 1. The summed E-state index contributed by atoms with van der Waals surface area (Å²) in [6, 6.07) is 19.3. The predicted octanol–water partition coefficient (Wildman–Crippen LogP) is 4.06. The Bertz CT molecular complexity index is 1080. The quantitative estimate of drug-likeness (QED) is 0.262. The van der Waals surface area contributed by atoms with Gasteiger partial charge in [0.15, 0.2) is 11.7 Å². The minimum Gasteiger partial charge on any atom is -0.497 e. The summed E-state index contributed by atoms with van der Waals surface area (Å²) in [4.78, 5) is 21.3. The third kappa shape index (κ3) is 6.43. The monoisotopic (exact) mass is 575 g/mol. The van der Waals surface area contributed by atoms with E-state index in [-0.39, 0.29) is 35.6 Å². The summed E-state index contributed by atoms with van der Waals surface area (Å²) in [5.74, 6) is 1.75. The standard InChI is InChI=1S/C25H29N5O3.HI/c1-26-25(30-14-12-29(13-15-30)21-8-10-22(32-2)11-9-21)27-18-19-5-3-6-20(17-19)28-24(31)23-7-4-16-33-23;/h3-11,16-17H,12-15,18H2,1-2H3,(H,26,27)(H,28,31);1H. The molecule has 1 aromatic heterocycles. The van der Waals surface area contributed by atoms with Crippen molar-refractivity contribution < 1.29 is 13.9 Å². The molecule has 4 rings (SSSR count). The number of guanidine groups is 1. The maximum atomic E-state index is 12.2. The first-order chi connectivity index (χ1) is 16.2. The number of piperazine rings is 1. The van der Waals surface area contributed by atoms with Crippen LogP contribution in [0.25, 0.3) is 0 Å². The van der Waals surface area contributed by atoms with E-state index in [9.17, 15) is 4.79 Å². The lowest BCUT2D eigenvalue weighted by molar-refractivity contribution is 0.0996. The van der Waals surface area contributed by atoms with E-state index in [2.05, 4.69) is 37.6 Å². The highest BCUT2D eigenvalue weighted by molar-refractivity contribution is 14.0. The van der Waals surface area contributed by atoms with Gasteiger partial charge in [-0.25, -0.2) is 0 Å². The highest BCUT2D eigenvalue weighted by Crippen LogP contribution is 2.20. The smallest absolute Gasteiger partial charge is 0.291 e. The Balaban J connectivity index is 0.00000324. The van der Waals surface area contributed by atoms with Crippen molar-refractivity contribution in [1.29, 1.82) is 0 Å². The third-order valence-corrected chi connectivity index (χ3v) is 5.61. The number of hydrogen-bond donors (Lipinski definition) is 2. The van der Waals surface area contributed by atoms with Crippen molar-refractivity contribution in [1.82, 2.24) is 10.2 Å². The molecular weight excluding hydrogens is 545 g/mol. The second-order valence-corrected chi connectivity index (χ2v) is 7.70.